The van der Waals surface area contributed by atoms with E-state index in [1.165, 1.54) is 0 Å². The van der Waals surface area contributed by atoms with E-state index in [-0.39, 0.29) is 11.9 Å². The number of rotatable bonds is 5. The van der Waals surface area contributed by atoms with Gasteiger partial charge in [0.25, 0.3) is 5.91 Å². The number of ether oxygens (including phenoxy) is 1. The van der Waals surface area contributed by atoms with Crippen molar-refractivity contribution < 1.29 is 9.53 Å². The molecule has 0 aliphatic heterocycles. The Hall–Kier alpha value is -1.52. The van der Waals surface area contributed by atoms with Crippen molar-refractivity contribution in [1.82, 2.24) is 5.32 Å². The summed E-state index contributed by atoms with van der Waals surface area (Å²) >= 11 is 9.56. The van der Waals surface area contributed by atoms with Crippen molar-refractivity contribution in [2.45, 2.75) is 25.0 Å². The highest BCUT2D eigenvalue weighted by Gasteiger charge is 2.30. The number of hydrogen-bond donors (Lipinski definition) is 1. The van der Waals surface area contributed by atoms with Gasteiger partial charge in [-0.15, -0.1) is 0 Å². The van der Waals surface area contributed by atoms with E-state index in [0.717, 1.165) is 22.9 Å². The van der Waals surface area contributed by atoms with Crippen LogP contribution >= 0.6 is 27.5 Å². The lowest BCUT2D eigenvalue weighted by Gasteiger charge is -2.20. The lowest BCUT2D eigenvalue weighted by Crippen LogP contribution is -2.33. The third kappa shape index (κ3) is 3.81. The number of benzene rings is 2. The van der Waals surface area contributed by atoms with E-state index in [1.807, 2.05) is 36.4 Å². The van der Waals surface area contributed by atoms with Crippen LogP contribution in [0.2, 0.25) is 5.02 Å². The molecule has 1 atom stereocenters. The second-order valence-corrected chi connectivity index (χ2v) is 6.59. The smallest absolute Gasteiger partial charge is 0.266 e. The number of amides is 1. The number of nitrogens with one attached hydrogen (secondary N) is 1. The van der Waals surface area contributed by atoms with Crippen LogP contribution in [0.4, 0.5) is 0 Å². The van der Waals surface area contributed by atoms with Gasteiger partial charge in [0, 0.05) is 16.1 Å². The molecule has 1 unspecified atom stereocenters. The van der Waals surface area contributed by atoms with Gasteiger partial charge in [-0.25, -0.2) is 0 Å². The van der Waals surface area contributed by atoms with E-state index < -0.39 is 6.10 Å². The summed E-state index contributed by atoms with van der Waals surface area (Å²) in [6.07, 6.45) is 1.36. The van der Waals surface area contributed by atoms with Gasteiger partial charge in [0.2, 0.25) is 6.10 Å². The molecule has 0 spiro atoms. The van der Waals surface area contributed by atoms with Crippen molar-refractivity contribution in [2.24, 2.45) is 0 Å². The lowest BCUT2D eigenvalue weighted by atomic mass is 10.1. The van der Waals surface area contributed by atoms with E-state index in [1.54, 1.807) is 12.1 Å². The molecule has 22 heavy (non-hydrogen) atoms. The number of halogens is 2. The normalized spacial score (nSPS) is 15.2. The van der Waals surface area contributed by atoms with Crippen LogP contribution in [0.25, 0.3) is 0 Å². The fraction of sp³-hybridized carbons (Fsp3) is 0.235. The van der Waals surface area contributed by atoms with E-state index in [9.17, 15) is 4.79 Å². The standard InChI is InChI=1S/C17H15BrClNO2/c18-12-6-9-15(14(19)10-12)22-16(11-4-2-1-3-5-11)17(21)20-13-7-8-13/h1-6,9-10,13,16H,7-8H2,(H,20,21). The second kappa shape index (κ2) is 6.71. The zero-order valence-corrected chi connectivity index (χ0v) is 14.1. The van der Waals surface area contributed by atoms with Gasteiger partial charge >= 0.3 is 0 Å². The maximum Gasteiger partial charge on any atom is 0.266 e. The molecule has 0 saturated heterocycles. The maximum absolute atomic E-state index is 12.5. The SMILES string of the molecule is O=C(NC1CC1)C(Oc1ccc(Br)cc1Cl)c1ccccc1. The Labute approximate surface area is 142 Å². The van der Waals surface area contributed by atoms with Crippen LogP contribution in [-0.2, 0) is 4.79 Å². The molecule has 1 saturated carbocycles. The number of carbonyl (C=O) groups is 1. The summed E-state index contributed by atoms with van der Waals surface area (Å²) in [6.45, 7) is 0. The van der Waals surface area contributed by atoms with Crippen molar-refractivity contribution in [1.29, 1.82) is 0 Å². The molecular weight excluding hydrogens is 366 g/mol. The van der Waals surface area contributed by atoms with E-state index in [4.69, 9.17) is 16.3 Å². The van der Waals surface area contributed by atoms with Crippen molar-refractivity contribution in [2.75, 3.05) is 0 Å². The van der Waals surface area contributed by atoms with E-state index >= 15 is 0 Å². The van der Waals surface area contributed by atoms with Crippen LogP contribution in [0, 0.1) is 0 Å². The predicted molar refractivity (Wildman–Crippen MR) is 90.1 cm³/mol. The van der Waals surface area contributed by atoms with Gasteiger partial charge in [0.1, 0.15) is 5.75 Å². The zero-order chi connectivity index (χ0) is 15.5. The monoisotopic (exact) mass is 379 g/mol. The first kappa shape index (κ1) is 15.4. The molecule has 0 bridgehead atoms. The largest absolute Gasteiger partial charge is 0.474 e. The van der Waals surface area contributed by atoms with Gasteiger partial charge in [-0.1, -0.05) is 57.9 Å². The minimum atomic E-state index is -0.708. The summed E-state index contributed by atoms with van der Waals surface area (Å²) in [5.41, 5.74) is 0.805. The fourth-order valence-electron chi connectivity index (χ4n) is 2.10. The summed E-state index contributed by atoms with van der Waals surface area (Å²) < 4.78 is 6.78. The molecule has 114 valence electrons. The second-order valence-electron chi connectivity index (χ2n) is 5.27. The Morgan fingerprint density at radius 2 is 1.95 bits per heavy atom. The summed E-state index contributed by atoms with van der Waals surface area (Å²) in [5, 5.41) is 3.45. The molecular formula is C17H15BrClNO2. The molecule has 3 nitrogen and oxygen atoms in total. The molecule has 5 heteroatoms. The summed E-state index contributed by atoms with van der Waals surface area (Å²) in [5.74, 6) is 0.359. The average molecular weight is 381 g/mol. The molecule has 3 rings (SSSR count). The Kier molecular flexibility index (Phi) is 4.69. The maximum atomic E-state index is 12.5. The topological polar surface area (TPSA) is 38.3 Å². The van der Waals surface area contributed by atoms with Gasteiger partial charge in [-0.3, -0.25) is 4.79 Å². The molecule has 2 aromatic rings. The zero-order valence-electron chi connectivity index (χ0n) is 11.8. The van der Waals surface area contributed by atoms with Crippen molar-refractivity contribution >= 4 is 33.4 Å². The van der Waals surface area contributed by atoms with Gasteiger partial charge in [-0.2, -0.15) is 0 Å². The van der Waals surface area contributed by atoms with Gasteiger partial charge in [0.15, 0.2) is 0 Å². The van der Waals surface area contributed by atoms with Gasteiger partial charge < -0.3 is 10.1 Å². The minimum Gasteiger partial charge on any atom is -0.474 e. The Balaban J connectivity index is 1.85. The highest BCUT2D eigenvalue weighted by molar-refractivity contribution is 9.10. The molecule has 0 heterocycles. The predicted octanol–water partition coefficient (Wildman–Crippen LogP) is 4.50. The molecule has 1 amide bonds. The van der Waals surface area contributed by atoms with Crippen LogP contribution in [0.1, 0.15) is 24.5 Å². The van der Waals surface area contributed by atoms with Crippen LogP contribution in [0.3, 0.4) is 0 Å². The number of hydrogen-bond acceptors (Lipinski definition) is 2. The highest BCUT2D eigenvalue weighted by atomic mass is 79.9. The van der Waals surface area contributed by atoms with E-state index in [2.05, 4.69) is 21.2 Å². The Bertz CT molecular complexity index is 674. The molecule has 1 aliphatic rings. The summed E-state index contributed by atoms with van der Waals surface area (Å²) in [6, 6.07) is 15.1. The molecule has 2 aromatic carbocycles. The molecule has 1 fully saturated rings. The third-order valence-electron chi connectivity index (χ3n) is 3.40. The Morgan fingerprint density at radius 3 is 2.59 bits per heavy atom. The van der Waals surface area contributed by atoms with E-state index in [0.29, 0.717) is 10.8 Å². The number of carbonyl (C=O) groups excluding carboxylic acids is 1. The van der Waals surface area contributed by atoms with Crippen LogP contribution < -0.4 is 10.1 Å². The first-order valence-corrected chi connectivity index (χ1v) is 8.27. The first-order chi connectivity index (χ1) is 10.6. The molecule has 0 radical (unpaired) electrons. The van der Waals surface area contributed by atoms with Crippen molar-refractivity contribution in [3.63, 3.8) is 0 Å². The fourth-order valence-corrected chi connectivity index (χ4v) is 2.82. The van der Waals surface area contributed by atoms with Crippen LogP contribution in [0.5, 0.6) is 5.75 Å². The molecule has 0 aromatic heterocycles. The van der Waals surface area contributed by atoms with Gasteiger partial charge in [-0.05, 0) is 31.0 Å². The van der Waals surface area contributed by atoms with Gasteiger partial charge in [0.05, 0.1) is 5.02 Å². The third-order valence-corrected chi connectivity index (χ3v) is 4.19. The average Bonchev–Trinajstić information content (AvgIpc) is 3.31. The van der Waals surface area contributed by atoms with Crippen molar-refractivity contribution in [3.8, 4) is 5.75 Å². The van der Waals surface area contributed by atoms with Crippen LogP contribution in [0.15, 0.2) is 53.0 Å². The lowest BCUT2D eigenvalue weighted by molar-refractivity contribution is -0.128. The van der Waals surface area contributed by atoms with Crippen molar-refractivity contribution in [3.05, 3.63) is 63.6 Å². The minimum absolute atomic E-state index is 0.132. The molecule has 1 aliphatic carbocycles. The van der Waals surface area contributed by atoms with Crippen LogP contribution in [-0.4, -0.2) is 11.9 Å². The quantitative estimate of drug-likeness (QED) is 0.829. The summed E-state index contributed by atoms with van der Waals surface area (Å²) in [7, 11) is 0. The first-order valence-electron chi connectivity index (χ1n) is 7.10. The summed E-state index contributed by atoms with van der Waals surface area (Å²) in [4.78, 5) is 12.5. The molecule has 1 N–H and O–H groups in total. The Morgan fingerprint density at radius 1 is 1.23 bits per heavy atom. The highest BCUT2D eigenvalue weighted by Crippen LogP contribution is 2.32.